The zero-order valence-corrected chi connectivity index (χ0v) is 7.04. The van der Waals surface area contributed by atoms with Gasteiger partial charge in [-0.25, -0.2) is 0 Å². The Morgan fingerprint density at radius 3 is 3.00 bits per heavy atom. The molecule has 0 bridgehead atoms. The largest absolute Gasteiger partial charge is 0.0610 e. The van der Waals surface area contributed by atoms with Gasteiger partial charge in [0.25, 0.3) is 0 Å². The van der Waals surface area contributed by atoms with Gasteiger partial charge in [0.2, 0.25) is 0 Å². The third kappa shape index (κ3) is 0.919. The average Bonchev–Trinajstić information content (AvgIpc) is 2.56. The van der Waals surface area contributed by atoms with Crippen molar-refractivity contribution in [2.45, 2.75) is 0 Å². The minimum absolute atomic E-state index is 1.19. The van der Waals surface area contributed by atoms with Crippen LogP contribution in [0.15, 0.2) is 36.4 Å². The van der Waals surface area contributed by atoms with Gasteiger partial charge in [0.05, 0.1) is 0 Å². The molecule has 0 heteroatoms. The van der Waals surface area contributed by atoms with E-state index in [1.54, 1.807) is 0 Å². The second-order valence-corrected chi connectivity index (χ2v) is 3.16. The summed E-state index contributed by atoms with van der Waals surface area (Å²) in [7, 11) is 0. The SMILES string of the molecule is [c]1ccc2c(c1)-c1ccc[c]c1[CH]2. The van der Waals surface area contributed by atoms with Crippen LogP contribution in [0.2, 0.25) is 0 Å². The average molecular weight is 163 g/mol. The Balaban J connectivity index is 2.32. The second-order valence-electron chi connectivity index (χ2n) is 3.16. The van der Waals surface area contributed by atoms with Gasteiger partial charge >= 0.3 is 0 Å². The van der Waals surface area contributed by atoms with Crippen LogP contribution in [0.4, 0.5) is 0 Å². The van der Waals surface area contributed by atoms with Crippen LogP contribution in [0.1, 0.15) is 11.1 Å². The Labute approximate surface area is 77.8 Å². The van der Waals surface area contributed by atoms with Crippen molar-refractivity contribution in [3.8, 4) is 11.1 Å². The van der Waals surface area contributed by atoms with Crippen LogP contribution >= 0.6 is 0 Å². The third-order valence-electron chi connectivity index (χ3n) is 2.38. The zero-order valence-electron chi connectivity index (χ0n) is 7.04. The van der Waals surface area contributed by atoms with Gasteiger partial charge in [0.1, 0.15) is 0 Å². The van der Waals surface area contributed by atoms with Crippen LogP contribution < -0.4 is 0 Å². The van der Waals surface area contributed by atoms with E-state index in [-0.39, 0.29) is 0 Å². The van der Waals surface area contributed by atoms with E-state index in [0.717, 1.165) is 0 Å². The normalized spacial score (nSPS) is 12.3. The lowest BCUT2D eigenvalue weighted by atomic mass is 10.1. The van der Waals surface area contributed by atoms with E-state index in [0.29, 0.717) is 0 Å². The molecule has 2 aromatic carbocycles. The molecule has 59 valence electrons. The van der Waals surface area contributed by atoms with Crippen molar-refractivity contribution in [2.24, 2.45) is 0 Å². The summed E-state index contributed by atoms with van der Waals surface area (Å²) in [6, 6.07) is 18.5. The van der Waals surface area contributed by atoms with E-state index >= 15 is 0 Å². The lowest BCUT2D eigenvalue weighted by molar-refractivity contribution is 1.53. The van der Waals surface area contributed by atoms with Crippen LogP contribution in [-0.2, 0) is 0 Å². The van der Waals surface area contributed by atoms with Gasteiger partial charge in [-0.1, -0.05) is 30.3 Å². The highest BCUT2D eigenvalue weighted by atomic mass is 14.2. The molecule has 0 N–H and O–H groups in total. The molecule has 0 saturated heterocycles. The van der Waals surface area contributed by atoms with E-state index < -0.39 is 0 Å². The summed E-state index contributed by atoms with van der Waals surface area (Å²) in [4.78, 5) is 0. The van der Waals surface area contributed by atoms with E-state index in [4.69, 9.17) is 0 Å². The van der Waals surface area contributed by atoms with Crippen molar-refractivity contribution in [1.82, 2.24) is 0 Å². The molecule has 3 radical (unpaired) electrons. The number of rotatable bonds is 0. The predicted molar refractivity (Wildman–Crippen MR) is 52.1 cm³/mol. The Hall–Kier alpha value is -1.56. The molecule has 0 aliphatic heterocycles. The van der Waals surface area contributed by atoms with E-state index in [9.17, 15) is 0 Å². The summed E-state index contributed by atoms with van der Waals surface area (Å²) in [5.74, 6) is 0. The molecule has 2 aromatic rings. The van der Waals surface area contributed by atoms with Crippen molar-refractivity contribution < 1.29 is 0 Å². The molecule has 0 unspecified atom stereocenters. The molecule has 0 spiro atoms. The minimum Gasteiger partial charge on any atom is -0.0610 e. The fourth-order valence-electron chi connectivity index (χ4n) is 1.76. The third-order valence-corrected chi connectivity index (χ3v) is 2.38. The van der Waals surface area contributed by atoms with Crippen molar-refractivity contribution in [3.63, 3.8) is 0 Å². The van der Waals surface area contributed by atoms with Crippen molar-refractivity contribution in [2.75, 3.05) is 0 Å². The summed E-state index contributed by atoms with van der Waals surface area (Å²) >= 11 is 0. The highest BCUT2D eigenvalue weighted by Gasteiger charge is 2.16. The topological polar surface area (TPSA) is 0 Å². The molecule has 0 atom stereocenters. The quantitative estimate of drug-likeness (QED) is 0.478. The lowest BCUT2D eigenvalue weighted by Gasteiger charge is -1.97. The minimum atomic E-state index is 1.19. The first-order valence-corrected chi connectivity index (χ1v) is 4.31. The highest BCUT2D eigenvalue weighted by Crippen LogP contribution is 2.36. The van der Waals surface area contributed by atoms with Crippen molar-refractivity contribution in [1.29, 1.82) is 0 Å². The molecule has 0 aromatic heterocycles. The lowest BCUT2D eigenvalue weighted by Crippen LogP contribution is -1.74. The van der Waals surface area contributed by atoms with Gasteiger partial charge in [-0.05, 0) is 40.5 Å². The summed E-state index contributed by atoms with van der Waals surface area (Å²) in [6.45, 7) is 0. The first-order chi connectivity index (χ1) is 6.45. The molecule has 13 heavy (non-hydrogen) atoms. The summed E-state index contributed by atoms with van der Waals surface area (Å²) in [5, 5.41) is 0. The molecule has 0 saturated carbocycles. The van der Waals surface area contributed by atoms with Crippen LogP contribution in [0.25, 0.3) is 11.1 Å². The fourth-order valence-corrected chi connectivity index (χ4v) is 1.76. The molecule has 1 aliphatic carbocycles. The van der Waals surface area contributed by atoms with E-state index in [1.807, 2.05) is 24.3 Å². The van der Waals surface area contributed by atoms with Crippen molar-refractivity contribution >= 4 is 0 Å². The monoisotopic (exact) mass is 163 g/mol. The van der Waals surface area contributed by atoms with Crippen molar-refractivity contribution in [3.05, 3.63) is 66.1 Å². The smallest absolute Gasteiger partial charge is 0.0218 e. The first kappa shape index (κ1) is 6.90. The van der Waals surface area contributed by atoms with Gasteiger partial charge in [0.15, 0.2) is 0 Å². The maximum Gasteiger partial charge on any atom is 0.0218 e. The molecule has 1 aliphatic rings. The van der Waals surface area contributed by atoms with Gasteiger partial charge in [-0.15, -0.1) is 0 Å². The maximum atomic E-state index is 3.23. The Kier molecular flexibility index (Phi) is 1.31. The molecular weight excluding hydrogens is 156 g/mol. The number of hydrogen-bond donors (Lipinski definition) is 0. The Bertz CT molecular complexity index is 412. The van der Waals surface area contributed by atoms with Gasteiger partial charge in [-0.2, -0.15) is 0 Å². The molecule has 3 rings (SSSR count). The van der Waals surface area contributed by atoms with Crippen LogP contribution in [-0.4, -0.2) is 0 Å². The number of hydrogen-bond acceptors (Lipinski definition) is 0. The van der Waals surface area contributed by atoms with Crippen LogP contribution in [0, 0.1) is 18.6 Å². The van der Waals surface area contributed by atoms with Gasteiger partial charge in [0, 0.05) is 6.42 Å². The van der Waals surface area contributed by atoms with Gasteiger partial charge in [-0.3, -0.25) is 0 Å². The summed E-state index contributed by atoms with van der Waals surface area (Å²) in [5.41, 5.74) is 5.01. The predicted octanol–water partition coefficient (Wildman–Crippen LogP) is 2.87. The molecule has 0 amide bonds. The fraction of sp³-hybridized carbons (Fsp3) is 0. The summed E-state index contributed by atoms with van der Waals surface area (Å²) in [6.07, 6.45) is 2.17. The van der Waals surface area contributed by atoms with E-state index in [2.05, 4.69) is 30.7 Å². The van der Waals surface area contributed by atoms with E-state index in [1.165, 1.54) is 22.3 Å². The zero-order chi connectivity index (χ0) is 8.67. The van der Waals surface area contributed by atoms with Crippen LogP contribution in [0.5, 0.6) is 0 Å². The molecule has 0 nitrogen and oxygen atoms in total. The molecule has 0 heterocycles. The number of benzene rings is 2. The Morgan fingerprint density at radius 1 is 1.00 bits per heavy atom. The molecular formula is C13H7. The second kappa shape index (κ2) is 2.46. The number of fused-ring (bicyclic) bond motifs is 3. The first-order valence-electron chi connectivity index (χ1n) is 4.31. The molecule has 0 fully saturated rings. The Morgan fingerprint density at radius 2 is 2.00 bits per heavy atom. The van der Waals surface area contributed by atoms with Crippen LogP contribution in [0.3, 0.4) is 0 Å². The highest BCUT2D eigenvalue weighted by molar-refractivity contribution is 5.80. The maximum absolute atomic E-state index is 3.23. The standard InChI is InChI=1S/C13H7/c1-3-7-12-10(5-1)9-11-6-2-4-8-13(11)12/h1-3,6-9H. The van der Waals surface area contributed by atoms with Gasteiger partial charge < -0.3 is 0 Å². The summed E-state index contributed by atoms with van der Waals surface area (Å²) < 4.78 is 0.